The van der Waals surface area contributed by atoms with E-state index < -0.39 is 0 Å². The normalized spacial score (nSPS) is 15.9. The number of likely N-dealkylation sites (tertiary alicyclic amines) is 1. The first-order valence-corrected chi connectivity index (χ1v) is 11.0. The molecule has 164 valence electrons. The fourth-order valence-corrected chi connectivity index (χ4v) is 3.91. The third kappa shape index (κ3) is 5.34. The highest BCUT2D eigenvalue weighted by molar-refractivity contribution is 6.04. The van der Waals surface area contributed by atoms with Crippen LogP contribution < -0.4 is 10.1 Å². The molecule has 0 spiro atoms. The van der Waals surface area contributed by atoms with Gasteiger partial charge in [0.25, 0.3) is 5.91 Å². The molecule has 2 aromatic carbocycles. The molecule has 1 unspecified atom stereocenters. The van der Waals surface area contributed by atoms with E-state index in [4.69, 9.17) is 10.00 Å². The molecule has 0 radical (unpaired) electrons. The van der Waals surface area contributed by atoms with Crippen LogP contribution in [0.1, 0.15) is 42.1 Å². The molecule has 1 aliphatic rings. The number of carbonyl (C=O) groups excluding carboxylic acids is 1. The largest absolute Gasteiger partial charge is 0.494 e. The minimum atomic E-state index is -0.249. The van der Waals surface area contributed by atoms with Crippen LogP contribution in [0.4, 0.5) is 5.69 Å². The van der Waals surface area contributed by atoms with Gasteiger partial charge in [-0.05, 0) is 81.3 Å². The molecule has 4 rings (SSSR count). The number of aromatic nitrogens is 2. The quantitative estimate of drug-likeness (QED) is 0.541. The SMILES string of the molecule is CC1CCCN1CCCOc1ccc(-n2cc(NC(=O)c3ccc(C#N)cc3)cn2)cc1. The van der Waals surface area contributed by atoms with Gasteiger partial charge >= 0.3 is 0 Å². The van der Waals surface area contributed by atoms with E-state index in [-0.39, 0.29) is 5.91 Å². The van der Waals surface area contributed by atoms with Crippen molar-refractivity contribution < 1.29 is 9.53 Å². The number of hydrogen-bond donors (Lipinski definition) is 1. The molecular formula is C25H27N5O2. The maximum atomic E-state index is 12.4. The molecular weight excluding hydrogens is 402 g/mol. The maximum Gasteiger partial charge on any atom is 0.255 e. The lowest BCUT2D eigenvalue weighted by atomic mass is 10.1. The van der Waals surface area contributed by atoms with Gasteiger partial charge in [0.1, 0.15) is 5.75 Å². The third-order valence-corrected chi connectivity index (χ3v) is 5.77. The molecule has 3 aromatic rings. The number of ether oxygens (including phenoxy) is 1. The number of anilines is 1. The summed E-state index contributed by atoms with van der Waals surface area (Å²) in [6.07, 6.45) is 6.99. The molecule has 1 fully saturated rings. The van der Waals surface area contributed by atoms with E-state index in [0.29, 0.717) is 29.5 Å². The summed E-state index contributed by atoms with van der Waals surface area (Å²) in [6, 6.07) is 17.0. The molecule has 0 aliphatic carbocycles. The molecule has 2 heterocycles. The Kier molecular flexibility index (Phi) is 6.83. The van der Waals surface area contributed by atoms with Crippen molar-refractivity contribution in [2.75, 3.05) is 25.0 Å². The smallest absolute Gasteiger partial charge is 0.255 e. The van der Waals surface area contributed by atoms with E-state index in [1.807, 2.05) is 30.3 Å². The Bertz CT molecular complexity index is 1080. The van der Waals surface area contributed by atoms with Crippen LogP contribution in [0, 0.1) is 11.3 Å². The van der Waals surface area contributed by atoms with E-state index >= 15 is 0 Å². The molecule has 1 aromatic heterocycles. The van der Waals surface area contributed by atoms with Gasteiger partial charge in [0.15, 0.2) is 0 Å². The summed E-state index contributed by atoms with van der Waals surface area (Å²) >= 11 is 0. The molecule has 32 heavy (non-hydrogen) atoms. The van der Waals surface area contributed by atoms with Crippen molar-refractivity contribution in [1.82, 2.24) is 14.7 Å². The zero-order valence-corrected chi connectivity index (χ0v) is 18.2. The topological polar surface area (TPSA) is 83.2 Å². The number of nitriles is 1. The summed E-state index contributed by atoms with van der Waals surface area (Å²) < 4.78 is 7.58. The Morgan fingerprint density at radius 3 is 2.69 bits per heavy atom. The Balaban J connectivity index is 1.28. The van der Waals surface area contributed by atoms with Gasteiger partial charge < -0.3 is 15.0 Å². The molecule has 1 amide bonds. The average Bonchev–Trinajstić information content (AvgIpc) is 3.46. The summed E-state index contributed by atoms with van der Waals surface area (Å²) in [4.78, 5) is 14.9. The lowest BCUT2D eigenvalue weighted by Crippen LogP contribution is -2.28. The van der Waals surface area contributed by atoms with Gasteiger partial charge in [-0.3, -0.25) is 4.79 Å². The van der Waals surface area contributed by atoms with Crippen molar-refractivity contribution >= 4 is 11.6 Å². The summed E-state index contributed by atoms with van der Waals surface area (Å²) in [5.74, 6) is 0.589. The van der Waals surface area contributed by atoms with E-state index in [9.17, 15) is 4.79 Å². The fourth-order valence-electron chi connectivity index (χ4n) is 3.91. The number of hydrogen-bond acceptors (Lipinski definition) is 5. The molecule has 7 heteroatoms. The second kappa shape index (κ2) is 10.1. The van der Waals surface area contributed by atoms with Gasteiger partial charge in [-0.25, -0.2) is 4.68 Å². The zero-order chi connectivity index (χ0) is 22.3. The average molecular weight is 430 g/mol. The van der Waals surface area contributed by atoms with Gasteiger partial charge in [0, 0.05) is 18.2 Å². The van der Waals surface area contributed by atoms with Gasteiger partial charge in [0.2, 0.25) is 0 Å². The fraction of sp³-hybridized carbons (Fsp3) is 0.320. The Morgan fingerprint density at radius 1 is 1.22 bits per heavy atom. The van der Waals surface area contributed by atoms with Crippen molar-refractivity contribution in [3.05, 3.63) is 72.1 Å². The van der Waals surface area contributed by atoms with Crippen LogP contribution in [-0.2, 0) is 0 Å². The van der Waals surface area contributed by atoms with Crippen molar-refractivity contribution in [3.8, 4) is 17.5 Å². The van der Waals surface area contributed by atoms with Crippen molar-refractivity contribution in [1.29, 1.82) is 5.26 Å². The standard InChI is InChI=1S/C25H27N5O2/c1-19-4-2-13-29(19)14-3-15-32-24-11-9-23(10-12-24)30-18-22(17-27-30)28-25(31)21-7-5-20(16-26)6-8-21/h5-12,17-19H,2-4,13-15H2,1H3,(H,28,31). The monoisotopic (exact) mass is 429 g/mol. The molecule has 1 saturated heterocycles. The first-order chi connectivity index (χ1) is 15.6. The van der Waals surface area contributed by atoms with Gasteiger partial charge in [-0.1, -0.05) is 0 Å². The summed E-state index contributed by atoms with van der Waals surface area (Å²) in [7, 11) is 0. The summed E-state index contributed by atoms with van der Waals surface area (Å²) in [5.41, 5.74) is 2.47. The number of nitrogens with one attached hydrogen (secondary N) is 1. The van der Waals surface area contributed by atoms with Crippen molar-refractivity contribution in [3.63, 3.8) is 0 Å². The van der Waals surface area contributed by atoms with Gasteiger partial charge in [-0.15, -0.1) is 0 Å². The minimum Gasteiger partial charge on any atom is -0.494 e. The van der Waals surface area contributed by atoms with Crippen LogP contribution >= 0.6 is 0 Å². The maximum absolute atomic E-state index is 12.4. The Labute approximate surface area is 188 Å². The number of carbonyl (C=O) groups is 1. The van der Waals surface area contributed by atoms with Crippen LogP contribution in [-0.4, -0.2) is 46.3 Å². The molecule has 1 N–H and O–H groups in total. The predicted molar refractivity (Wildman–Crippen MR) is 123 cm³/mol. The molecule has 0 bridgehead atoms. The zero-order valence-electron chi connectivity index (χ0n) is 18.2. The second-order valence-corrected chi connectivity index (χ2v) is 8.04. The summed E-state index contributed by atoms with van der Waals surface area (Å²) in [6.45, 7) is 5.29. The molecule has 1 atom stereocenters. The highest BCUT2D eigenvalue weighted by Crippen LogP contribution is 2.19. The lowest BCUT2D eigenvalue weighted by Gasteiger charge is -2.20. The highest BCUT2D eigenvalue weighted by atomic mass is 16.5. The van der Waals surface area contributed by atoms with Crippen LogP contribution in [0.2, 0.25) is 0 Å². The van der Waals surface area contributed by atoms with E-state index in [0.717, 1.165) is 24.4 Å². The number of nitrogens with zero attached hydrogens (tertiary/aromatic N) is 4. The molecule has 0 saturated carbocycles. The van der Waals surface area contributed by atoms with Crippen LogP contribution in [0.25, 0.3) is 5.69 Å². The number of rotatable bonds is 8. The Hall–Kier alpha value is -3.63. The van der Waals surface area contributed by atoms with E-state index in [1.165, 1.54) is 19.4 Å². The van der Waals surface area contributed by atoms with Crippen LogP contribution in [0.15, 0.2) is 60.9 Å². The molecule has 1 aliphatic heterocycles. The lowest BCUT2D eigenvalue weighted by molar-refractivity contribution is 0.102. The van der Waals surface area contributed by atoms with Gasteiger partial charge in [-0.2, -0.15) is 10.4 Å². The first-order valence-electron chi connectivity index (χ1n) is 11.0. The van der Waals surface area contributed by atoms with Gasteiger partial charge in [0.05, 0.1) is 42.0 Å². The third-order valence-electron chi connectivity index (χ3n) is 5.77. The highest BCUT2D eigenvalue weighted by Gasteiger charge is 2.19. The second-order valence-electron chi connectivity index (χ2n) is 8.04. The van der Waals surface area contributed by atoms with Crippen molar-refractivity contribution in [2.24, 2.45) is 0 Å². The number of amides is 1. The van der Waals surface area contributed by atoms with Crippen LogP contribution in [0.5, 0.6) is 5.75 Å². The predicted octanol–water partition coefficient (Wildman–Crippen LogP) is 4.25. The first kappa shape index (κ1) is 21.6. The molecule has 7 nitrogen and oxygen atoms in total. The van der Waals surface area contributed by atoms with Crippen LogP contribution in [0.3, 0.4) is 0 Å². The van der Waals surface area contributed by atoms with E-state index in [1.54, 1.807) is 41.3 Å². The Morgan fingerprint density at radius 2 is 2.00 bits per heavy atom. The van der Waals surface area contributed by atoms with E-state index in [2.05, 4.69) is 22.2 Å². The number of benzene rings is 2. The summed E-state index contributed by atoms with van der Waals surface area (Å²) in [5, 5.41) is 16.0. The minimum absolute atomic E-state index is 0.249. The van der Waals surface area contributed by atoms with Crippen molar-refractivity contribution in [2.45, 2.75) is 32.2 Å².